The largest absolute Gasteiger partial charge is 0.328 e. The molecule has 1 saturated heterocycles. The summed E-state index contributed by atoms with van der Waals surface area (Å²) >= 11 is 0. The van der Waals surface area contributed by atoms with E-state index in [1.54, 1.807) is 0 Å². The first-order valence-corrected chi connectivity index (χ1v) is 8.86. The Kier molecular flexibility index (Phi) is 7.70. The van der Waals surface area contributed by atoms with Crippen LogP contribution in [-0.2, 0) is 22.6 Å². The summed E-state index contributed by atoms with van der Waals surface area (Å²) in [7, 11) is 2.20. The number of carbonyl (C=O) groups is 3. The van der Waals surface area contributed by atoms with Crippen molar-refractivity contribution in [3.8, 4) is 0 Å². The first-order chi connectivity index (χ1) is 12.9. The lowest BCUT2D eigenvalue weighted by molar-refractivity contribution is -0.129. The smallest absolute Gasteiger partial charge is 0.299 e. The summed E-state index contributed by atoms with van der Waals surface area (Å²) in [5.41, 5.74) is 2.78. The topological polar surface area (TPSA) is 78.5 Å². The van der Waals surface area contributed by atoms with Crippen LogP contribution >= 0.6 is 0 Å². The number of benzene rings is 2. The third-order valence-corrected chi connectivity index (χ3v) is 4.23. The Balaban J connectivity index is 0.000000244. The van der Waals surface area contributed by atoms with Crippen molar-refractivity contribution in [1.29, 1.82) is 0 Å². The fourth-order valence-corrected chi connectivity index (χ4v) is 2.66. The number of nitrogens with zero attached hydrogens (tertiary/aromatic N) is 1. The number of imide groups is 2. The van der Waals surface area contributed by atoms with Crippen molar-refractivity contribution in [3.05, 3.63) is 71.8 Å². The van der Waals surface area contributed by atoms with E-state index >= 15 is 0 Å². The van der Waals surface area contributed by atoms with Crippen LogP contribution in [0.15, 0.2) is 60.7 Å². The molecule has 0 unspecified atom stereocenters. The minimum atomic E-state index is -0.740. The quantitative estimate of drug-likeness (QED) is 0.796. The van der Waals surface area contributed by atoms with Gasteiger partial charge in [0.1, 0.15) is 6.42 Å². The van der Waals surface area contributed by atoms with Crippen LogP contribution < -0.4 is 10.6 Å². The number of carbonyl (C=O) groups excluding carboxylic acids is 3. The summed E-state index contributed by atoms with van der Waals surface area (Å²) in [6.45, 7) is 3.30. The van der Waals surface area contributed by atoms with Gasteiger partial charge in [0.05, 0.1) is 0 Å². The Morgan fingerprint density at radius 2 is 1.33 bits per heavy atom. The Morgan fingerprint density at radius 1 is 0.852 bits per heavy atom. The molecule has 1 atom stereocenters. The van der Waals surface area contributed by atoms with E-state index in [-0.39, 0.29) is 6.42 Å². The highest BCUT2D eigenvalue weighted by molar-refractivity contribution is 6.14. The van der Waals surface area contributed by atoms with Crippen molar-refractivity contribution in [2.75, 3.05) is 7.05 Å². The number of likely N-dealkylation sites (N-methyl/N-ethyl adjacent to an activating group) is 1. The van der Waals surface area contributed by atoms with Gasteiger partial charge >= 0.3 is 6.03 Å². The second-order valence-electron chi connectivity index (χ2n) is 6.54. The zero-order valence-corrected chi connectivity index (χ0v) is 15.6. The fourth-order valence-electron chi connectivity index (χ4n) is 2.66. The highest BCUT2D eigenvalue weighted by Crippen LogP contribution is 2.10. The van der Waals surface area contributed by atoms with Crippen LogP contribution in [0.1, 0.15) is 24.5 Å². The number of urea groups is 1. The maximum absolute atomic E-state index is 10.3. The van der Waals surface area contributed by atoms with Gasteiger partial charge in [-0.2, -0.15) is 0 Å². The number of barbiturate groups is 1. The molecule has 0 aromatic heterocycles. The predicted octanol–water partition coefficient (Wildman–Crippen LogP) is 2.49. The summed E-state index contributed by atoms with van der Waals surface area (Å²) < 4.78 is 0. The Bertz CT molecular complexity index is 672. The molecule has 2 aromatic carbocycles. The van der Waals surface area contributed by atoms with Crippen molar-refractivity contribution in [1.82, 2.24) is 15.5 Å². The SMILES string of the molecule is C[C@@H](Cc1ccccc1)N(C)Cc1ccccc1.O=C1CC(=O)NC(=O)N1. The maximum Gasteiger partial charge on any atom is 0.328 e. The zero-order chi connectivity index (χ0) is 19.6. The predicted molar refractivity (Wildman–Crippen MR) is 104 cm³/mol. The monoisotopic (exact) mass is 367 g/mol. The molecule has 27 heavy (non-hydrogen) atoms. The van der Waals surface area contributed by atoms with Gasteiger partial charge in [0.25, 0.3) is 0 Å². The first kappa shape index (κ1) is 20.3. The van der Waals surface area contributed by atoms with E-state index in [1.807, 2.05) is 10.6 Å². The van der Waals surface area contributed by atoms with Crippen LogP contribution in [0.25, 0.3) is 0 Å². The van der Waals surface area contributed by atoms with Gasteiger partial charge in [-0.05, 0) is 31.5 Å². The van der Waals surface area contributed by atoms with Gasteiger partial charge in [0.15, 0.2) is 0 Å². The molecule has 0 bridgehead atoms. The molecule has 142 valence electrons. The summed E-state index contributed by atoms with van der Waals surface area (Å²) in [4.78, 5) is 33.2. The van der Waals surface area contributed by atoms with Crippen LogP contribution in [0.2, 0.25) is 0 Å². The molecule has 0 radical (unpaired) electrons. The Labute approximate surface area is 159 Å². The molecule has 1 aliphatic rings. The van der Waals surface area contributed by atoms with E-state index in [2.05, 4.69) is 79.5 Å². The van der Waals surface area contributed by atoms with Crippen molar-refractivity contribution < 1.29 is 14.4 Å². The molecular weight excluding hydrogens is 342 g/mol. The van der Waals surface area contributed by atoms with Crippen LogP contribution in [0.5, 0.6) is 0 Å². The molecule has 3 rings (SSSR count). The van der Waals surface area contributed by atoms with Gasteiger partial charge in [0, 0.05) is 12.6 Å². The molecule has 1 fully saturated rings. The zero-order valence-electron chi connectivity index (χ0n) is 15.6. The minimum absolute atomic E-state index is 0.258. The van der Waals surface area contributed by atoms with Crippen LogP contribution in [0.3, 0.4) is 0 Å². The summed E-state index contributed by atoms with van der Waals surface area (Å²) in [5, 5.41) is 3.80. The van der Waals surface area contributed by atoms with E-state index in [4.69, 9.17) is 0 Å². The van der Waals surface area contributed by atoms with Crippen molar-refractivity contribution in [3.63, 3.8) is 0 Å². The summed E-state index contributed by atoms with van der Waals surface area (Å²) in [5.74, 6) is -1.10. The molecule has 0 aliphatic carbocycles. The molecule has 4 amide bonds. The number of amides is 4. The standard InChI is InChI=1S/C17H21N.C4H4N2O3/c1-15(13-16-9-5-3-6-10-16)18(2)14-17-11-7-4-8-12-17;7-2-1-3(8)6-4(9)5-2/h3-12,15H,13-14H2,1-2H3;1H2,(H2,5,6,7,8,9)/t15-;/m0./s1. The third-order valence-electron chi connectivity index (χ3n) is 4.23. The maximum atomic E-state index is 10.3. The van der Waals surface area contributed by atoms with Gasteiger partial charge in [-0.1, -0.05) is 60.7 Å². The molecule has 6 heteroatoms. The third kappa shape index (κ3) is 7.42. The van der Waals surface area contributed by atoms with Gasteiger partial charge < -0.3 is 0 Å². The molecule has 0 saturated carbocycles. The summed E-state index contributed by atoms with van der Waals surface area (Å²) in [6.07, 6.45) is 0.843. The second kappa shape index (κ2) is 10.2. The van der Waals surface area contributed by atoms with Gasteiger partial charge in [-0.15, -0.1) is 0 Å². The van der Waals surface area contributed by atoms with Crippen molar-refractivity contribution in [2.45, 2.75) is 32.4 Å². The Hall–Kier alpha value is -2.99. The molecule has 1 aliphatic heterocycles. The number of hydrogen-bond acceptors (Lipinski definition) is 4. The van der Waals surface area contributed by atoms with Gasteiger partial charge in [-0.3, -0.25) is 25.1 Å². The highest BCUT2D eigenvalue weighted by Gasteiger charge is 2.20. The molecule has 6 nitrogen and oxygen atoms in total. The highest BCUT2D eigenvalue weighted by atomic mass is 16.2. The number of hydrogen-bond donors (Lipinski definition) is 2. The lowest BCUT2D eigenvalue weighted by atomic mass is 10.1. The van der Waals surface area contributed by atoms with E-state index in [0.29, 0.717) is 6.04 Å². The molecule has 1 heterocycles. The van der Waals surface area contributed by atoms with E-state index < -0.39 is 17.8 Å². The number of nitrogens with one attached hydrogen (secondary N) is 2. The van der Waals surface area contributed by atoms with Crippen LogP contribution in [-0.4, -0.2) is 35.8 Å². The molecule has 2 N–H and O–H groups in total. The van der Waals surface area contributed by atoms with Crippen molar-refractivity contribution in [2.24, 2.45) is 0 Å². The van der Waals surface area contributed by atoms with Crippen LogP contribution in [0, 0.1) is 0 Å². The van der Waals surface area contributed by atoms with E-state index in [9.17, 15) is 14.4 Å². The second-order valence-corrected chi connectivity index (χ2v) is 6.54. The summed E-state index contributed by atoms with van der Waals surface area (Å²) in [6, 6.07) is 21.1. The lowest BCUT2D eigenvalue weighted by Crippen LogP contribution is -2.49. The molecule has 0 spiro atoms. The minimum Gasteiger partial charge on any atom is -0.299 e. The first-order valence-electron chi connectivity index (χ1n) is 8.86. The lowest BCUT2D eigenvalue weighted by Gasteiger charge is -2.24. The Morgan fingerprint density at radius 3 is 1.81 bits per heavy atom. The van der Waals surface area contributed by atoms with Crippen LogP contribution in [0.4, 0.5) is 4.79 Å². The average Bonchev–Trinajstić information content (AvgIpc) is 2.62. The molecular formula is C21H25N3O3. The number of rotatable bonds is 5. The fraction of sp³-hybridized carbons (Fsp3) is 0.286. The van der Waals surface area contributed by atoms with Gasteiger partial charge in [-0.25, -0.2) is 4.79 Å². The van der Waals surface area contributed by atoms with E-state index in [0.717, 1.165) is 13.0 Å². The average molecular weight is 367 g/mol. The van der Waals surface area contributed by atoms with Crippen molar-refractivity contribution >= 4 is 17.8 Å². The van der Waals surface area contributed by atoms with E-state index in [1.165, 1.54) is 11.1 Å². The normalized spacial score (nSPS) is 14.7. The van der Waals surface area contributed by atoms with Gasteiger partial charge in [0.2, 0.25) is 11.8 Å². The molecule has 2 aromatic rings.